The number of pyridine rings is 1. The van der Waals surface area contributed by atoms with Crippen LogP contribution in [0.25, 0.3) is 0 Å². The van der Waals surface area contributed by atoms with Gasteiger partial charge < -0.3 is 10.6 Å². The summed E-state index contributed by atoms with van der Waals surface area (Å²) in [6.07, 6.45) is 2.13. The van der Waals surface area contributed by atoms with Crippen molar-refractivity contribution >= 4 is 29.1 Å². The number of amides is 2. The second kappa shape index (κ2) is 9.15. The number of halogens is 1. The number of nitrogens with zero attached hydrogens (tertiary/aromatic N) is 1. The molecule has 1 unspecified atom stereocenters. The third-order valence-corrected chi connectivity index (χ3v) is 4.64. The van der Waals surface area contributed by atoms with Crippen molar-refractivity contribution in [3.63, 3.8) is 0 Å². The fourth-order valence-electron chi connectivity index (χ4n) is 2.93. The predicted octanol–water partition coefficient (Wildman–Crippen LogP) is 4.06. The molecular weight excluding hydrogens is 374 g/mol. The third kappa shape index (κ3) is 4.75. The number of rotatable bonds is 6. The highest BCUT2D eigenvalue weighted by molar-refractivity contribution is 6.30. The van der Waals surface area contributed by atoms with Crippen molar-refractivity contribution in [3.8, 4) is 0 Å². The topological polar surface area (TPSA) is 71.1 Å². The van der Waals surface area contributed by atoms with E-state index in [1.54, 1.807) is 49.6 Å². The molecule has 0 aliphatic carbocycles. The van der Waals surface area contributed by atoms with Crippen molar-refractivity contribution in [2.75, 3.05) is 12.4 Å². The molecular formula is C22H20ClN3O2. The fraction of sp³-hybridized carbons (Fsp3) is 0.136. The molecule has 1 heterocycles. The van der Waals surface area contributed by atoms with Crippen LogP contribution in [0.1, 0.15) is 27.5 Å². The lowest BCUT2D eigenvalue weighted by atomic mass is 9.92. The van der Waals surface area contributed by atoms with Gasteiger partial charge in [-0.3, -0.25) is 14.6 Å². The van der Waals surface area contributed by atoms with E-state index in [-0.39, 0.29) is 11.8 Å². The first-order chi connectivity index (χ1) is 13.6. The highest BCUT2D eigenvalue weighted by Gasteiger charge is 2.23. The Morgan fingerprint density at radius 3 is 2.39 bits per heavy atom. The Kier molecular flexibility index (Phi) is 6.40. The lowest BCUT2D eigenvalue weighted by Gasteiger charge is -2.18. The predicted molar refractivity (Wildman–Crippen MR) is 111 cm³/mol. The van der Waals surface area contributed by atoms with Crippen molar-refractivity contribution in [2.45, 2.75) is 12.3 Å². The van der Waals surface area contributed by atoms with Gasteiger partial charge in [-0.2, -0.15) is 0 Å². The summed E-state index contributed by atoms with van der Waals surface area (Å²) in [5.74, 6) is -0.960. The number of para-hydroxylation sites is 1. The summed E-state index contributed by atoms with van der Waals surface area (Å²) in [6.45, 7) is 0. The second-order valence-electron chi connectivity index (χ2n) is 6.24. The maximum atomic E-state index is 13.2. The monoisotopic (exact) mass is 393 g/mol. The van der Waals surface area contributed by atoms with Crippen LogP contribution in [0.5, 0.6) is 0 Å². The SMILES string of the molecule is CNC(=O)c1ccccc1NC(=O)C(Cc1ccccn1)c1ccc(Cl)cc1. The van der Waals surface area contributed by atoms with Crippen LogP contribution < -0.4 is 10.6 Å². The number of carbonyl (C=O) groups excluding carboxylic acids is 2. The zero-order valence-electron chi connectivity index (χ0n) is 15.4. The van der Waals surface area contributed by atoms with Gasteiger partial charge in [-0.25, -0.2) is 0 Å². The van der Waals surface area contributed by atoms with Crippen LogP contribution in [-0.4, -0.2) is 23.8 Å². The summed E-state index contributed by atoms with van der Waals surface area (Å²) in [4.78, 5) is 29.6. The number of nitrogens with one attached hydrogen (secondary N) is 2. The summed E-state index contributed by atoms with van der Waals surface area (Å²) >= 11 is 6.00. The number of hydrogen-bond acceptors (Lipinski definition) is 3. The van der Waals surface area contributed by atoms with Gasteiger partial charge in [0.25, 0.3) is 5.91 Å². The van der Waals surface area contributed by atoms with Crippen molar-refractivity contribution < 1.29 is 9.59 Å². The van der Waals surface area contributed by atoms with E-state index in [4.69, 9.17) is 11.6 Å². The van der Waals surface area contributed by atoms with Gasteiger partial charge >= 0.3 is 0 Å². The zero-order valence-corrected chi connectivity index (χ0v) is 16.1. The van der Waals surface area contributed by atoms with Crippen LogP contribution in [0.4, 0.5) is 5.69 Å². The lowest BCUT2D eigenvalue weighted by molar-refractivity contribution is -0.117. The quantitative estimate of drug-likeness (QED) is 0.663. The van der Waals surface area contributed by atoms with Gasteiger partial charge in [-0.1, -0.05) is 41.9 Å². The Hall–Kier alpha value is -3.18. The van der Waals surface area contributed by atoms with Crippen LogP contribution in [0.15, 0.2) is 72.9 Å². The summed E-state index contributed by atoms with van der Waals surface area (Å²) in [7, 11) is 1.55. The van der Waals surface area contributed by atoms with Crippen molar-refractivity contribution in [2.24, 2.45) is 0 Å². The number of benzene rings is 2. The molecule has 6 heteroatoms. The van der Waals surface area contributed by atoms with Crippen molar-refractivity contribution in [1.29, 1.82) is 0 Å². The minimum absolute atomic E-state index is 0.218. The van der Waals surface area contributed by atoms with Crippen LogP contribution in [0.2, 0.25) is 5.02 Å². The van der Waals surface area contributed by atoms with Gasteiger partial charge in [0.1, 0.15) is 0 Å². The molecule has 142 valence electrons. The minimum atomic E-state index is -0.482. The molecule has 0 saturated heterocycles. The van der Waals surface area contributed by atoms with Gasteiger partial charge in [0.15, 0.2) is 0 Å². The second-order valence-corrected chi connectivity index (χ2v) is 6.68. The van der Waals surface area contributed by atoms with Gasteiger partial charge in [0.2, 0.25) is 5.91 Å². The number of hydrogen-bond donors (Lipinski definition) is 2. The average Bonchev–Trinajstić information content (AvgIpc) is 2.73. The van der Waals surface area contributed by atoms with E-state index in [1.807, 2.05) is 30.3 Å². The molecule has 3 rings (SSSR count). The number of carbonyl (C=O) groups is 2. The molecule has 3 aromatic rings. The van der Waals surface area contributed by atoms with Gasteiger partial charge in [0.05, 0.1) is 17.2 Å². The average molecular weight is 394 g/mol. The fourth-order valence-corrected chi connectivity index (χ4v) is 3.06. The van der Waals surface area contributed by atoms with E-state index in [0.717, 1.165) is 11.3 Å². The van der Waals surface area contributed by atoms with Crippen LogP contribution in [-0.2, 0) is 11.2 Å². The van der Waals surface area contributed by atoms with Crippen molar-refractivity contribution in [3.05, 3.63) is 94.8 Å². The Bertz CT molecular complexity index is 959. The highest BCUT2D eigenvalue weighted by Crippen LogP contribution is 2.25. The molecule has 1 atom stereocenters. The molecule has 0 radical (unpaired) electrons. The molecule has 0 fully saturated rings. The lowest BCUT2D eigenvalue weighted by Crippen LogP contribution is -2.26. The molecule has 0 saturated carbocycles. The molecule has 0 aliphatic heterocycles. The molecule has 0 bridgehead atoms. The van der Waals surface area contributed by atoms with E-state index in [0.29, 0.717) is 22.7 Å². The molecule has 0 aliphatic rings. The molecule has 2 amide bonds. The standard InChI is InChI=1S/C22H20ClN3O2/c1-24-21(27)18-7-2-3-8-20(18)26-22(28)19(14-17-6-4-5-13-25-17)15-9-11-16(23)12-10-15/h2-13,19H,14H2,1H3,(H,24,27)(H,26,28). The van der Waals surface area contributed by atoms with Crippen LogP contribution >= 0.6 is 11.6 Å². The van der Waals surface area contributed by atoms with Gasteiger partial charge in [0, 0.05) is 30.4 Å². The van der Waals surface area contributed by atoms with Gasteiger partial charge in [-0.15, -0.1) is 0 Å². The summed E-state index contributed by atoms with van der Waals surface area (Å²) < 4.78 is 0. The molecule has 5 nitrogen and oxygen atoms in total. The van der Waals surface area contributed by atoms with Crippen LogP contribution in [0, 0.1) is 0 Å². The van der Waals surface area contributed by atoms with E-state index in [1.165, 1.54) is 0 Å². The molecule has 2 aromatic carbocycles. The maximum Gasteiger partial charge on any atom is 0.253 e. The largest absolute Gasteiger partial charge is 0.355 e. The summed E-state index contributed by atoms with van der Waals surface area (Å²) in [5.41, 5.74) is 2.50. The van der Waals surface area contributed by atoms with E-state index in [9.17, 15) is 9.59 Å². The summed E-state index contributed by atoms with van der Waals surface area (Å²) in [5, 5.41) is 6.09. The smallest absolute Gasteiger partial charge is 0.253 e. The first kappa shape index (κ1) is 19.6. The number of aromatic nitrogens is 1. The molecule has 2 N–H and O–H groups in total. The Balaban J connectivity index is 1.91. The third-order valence-electron chi connectivity index (χ3n) is 4.38. The van der Waals surface area contributed by atoms with Crippen molar-refractivity contribution in [1.82, 2.24) is 10.3 Å². The van der Waals surface area contributed by atoms with E-state index >= 15 is 0 Å². The van der Waals surface area contributed by atoms with E-state index < -0.39 is 5.92 Å². The molecule has 0 spiro atoms. The highest BCUT2D eigenvalue weighted by atomic mass is 35.5. The maximum absolute atomic E-state index is 13.2. The Labute approximate surface area is 168 Å². The summed E-state index contributed by atoms with van der Waals surface area (Å²) in [6, 6.07) is 19.7. The van der Waals surface area contributed by atoms with Crippen LogP contribution in [0.3, 0.4) is 0 Å². The first-order valence-corrected chi connectivity index (χ1v) is 9.23. The minimum Gasteiger partial charge on any atom is -0.355 e. The Morgan fingerprint density at radius 2 is 1.71 bits per heavy atom. The zero-order chi connectivity index (χ0) is 19.9. The Morgan fingerprint density at radius 1 is 1.00 bits per heavy atom. The van der Waals surface area contributed by atoms with Gasteiger partial charge in [-0.05, 0) is 42.0 Å². The molecule has 1 aromatic heterocycles. The first-order valence-electron chi connectivity index (χ1n) is 8.86. The number of anilines is 1. The van der Waals surface area contributed by atoms with E-state index in [2.05, 4.69) is 15.6 Å². The molecule has 28 heavy (non-hydrogen) atoms. The normalized spacial score (nSPS) is 11.5.